The summed E-state index contributed by atoms with van der Waals surface area (Å²) in [6, 6.07) is 9.49. The predicted octanol–water partition coefficient (Wildman–Crippen LogP) is 2.62. The topological polar surface area (TPSA) is 17.1 Å². The zero-order valence-corrected chi connectivity index (χ0v) is 7.41. The third-order valence-electron chi connectivity index (χ3n) is 1.35. The quantitative estimate of drug-likeness (QED) is 0.542. The van der Waals surface area contributed by atoms with Gasteiger partial charge in [0.2, 0.25) is 0 Å². The average molecular weight is 211 g/mol. The first kappa shape index (κ1) is 8.21. The van der Waals surface area contributed by atoms with Gasteiger partial charge in [-0.15, -0.1) is 0 Å². The van der Waals surface area contributed by atoms with Crippen molar-refractivity contribution in [3.05, 3.63) is 40.9 Å². The molecule has 0 atom stereocenters. The fourth-order valence-electron chi connectivity index (χ4n) is 0.787. The van der Waals surface area contributed by atoms with Crippen LogP contribution in [0.25, 0.3) is 5.57 Å². The van der Waals surface area contributed by atoms with Gasteiger partial charge < -0.3 is 0 Å². The summed E-state index contributed by atoms with van der Waals surface area (Å²) in [7, 11) is 0. The summed E-state index contributed by atoms with van der Waals surface area (Å²) < 4.78 is 0. The van der Waals surface area contributed by atoms with E-state index in [0.29, 0.717) is 5.57 Å². The molecule has 0 aliphatic heterocycles. The molecule has 0 N–H and O–H groups in total. The minimum absolute atomic E-state index is 0.658. The highest BCUT2D eigenvalue weighted by Crippen LogP contribution is 2.12. The van der Waals surface area contributed by atoms with Crippen molar-refractivity contribution in [2.75, 3.05) is 0 Å². The summed E-state index contributed by atoms with van der Waals surface area (Å²) in [5.41, 5.74) is 1.59. The van der Waals surface area contributed by atoms with Gasteiger partial charge in [0.15, 0.2) is 6.29 Å². The van der Waals surface area contributed by atoms with E-state index in [1.54, 1.807) is 4.99 Å². The molecule has 0 fully saturated rings. The molecule has 1 nitrogen and oxygen atoms in total. The van der Waals surface area contributed by atoms with E-state index < -0.39 is 0 Å². The maximum Gasteiger partial charge on any atom is 0.151 e. The van der Waals surface area contributed by atoms with Crippen LogP contribution in [0.4, 0.5) is 0 Å². The lowest BCUT2D eigenvalue weighted by Crippen LogP contribution is -1.82. The van der Waals surface area contributed by atoms with Crippen molar-refractivity contribution in [2.24, 2.45) is 0 Å². The van der Waals surface area contributed by atoms with Crippen molar-refractivity contribution in [1.82, 2.24) is 0 Å². The first-order valence-electron chi connectivity index (χ1n) is 3.19. The molecule has 2 heteroatoms. The number of benzene rings is 1. The van der Waals surface area contributed by atoms with Gasteiger partial charge in [-0.05, 0) is 10.5 Å². The molecule has 0 saturated heterocycles. The highest BCUT2D eigenvalue weighted by molar-refractivity contribution is 9.11. The van der Waals surface area contributed by atoms with Gasteiger partial charge in [0.05, 0.1) is 0 Å². The van der Waals surface area contributed by atoms with Crippen molar-refractivity contribution in [3.8, 4) is 0 Å². The zero-order chi connectivity index (χ0) is 8.10. The molecule has 0 bridgehead atoms. The van der Waals surface area contributed by atoms with Gasteiger partial charge in [-0.2, -0.15) is 0 Å². The molecule has 0 amide bonds. The molecule has 0 spiro atoms. The largest absolute Gasteiger partial charge is 0.298 e. The normalized spacial score (nSPS) is 11.2. The molecule has 56 valence electrons. The Bertz CT molecular complexity index is 264. The Hall–Kier alpha value is -0.890. The Morgan fingerprint density at radius 3 is 2.36 bits per heavy atom. The van der Waals surface area contributed by atoms with Crippen LogP contribution in [0.15, 0.2) is 35.3 Å². The Labute approximate surface area is 73.9 Å². The van der Waals surface area contributed by atoms with Gasteiger partial charge in [0, 0.05) is 5.57 Å². The molecule has 11 heavy (non-hydrogen) atoms. The van der Waals surface area contributed by atoms with Gasteiger partial charge in [0.25, 0.3) is 0 Å². The van der Waals surface area contributed by atoms with Crippen LogP contribution in [0.1, 0.15) is 5.56 Å². The first-order chi connectivity index (χ1) is 5.38. The number of rotatable bonds is 2. The van der Waals surface area contributed by atoms with E-state index in [0.717, 1.165) is 11.8 Å². The number of aldehydes is 1. The van der Waals surface area contributed by atoms with E-state index in [2.05, 4.69) is 15.9 Å². The Morgan fingerprint density at radius 2 is 1.91 bits per heavy atom. The minimum Gasteiger partial charge on any atom is -0.298 e. The molecule has 0 aromatic heterocycles. The van der Waals surface area contributed by atoms with Crippen LogP contribution >= 0.6 is 15.9 Å². The third-order valence-corrected chi connectivity index (χ3v) is 1.84. The fraction of sp³-hybridized carbons (Fsp3) is 0. The number of carbonyl (C=O) groups is 1. The number of hydrogen-bond donors (Lipinski definition) is 0. The average Bonchev–Trinajstić information content (AvgIpc) is 2.09. The van der Waals surface area contributed by atoms with Crippen LogP contribution in [0, 0.1) is 0 Å². The highest BCUT2D eigenvalue weighted by atomic mass is 79.9. The van der Waals surface area contributed by atoms with Gasteiger partial charge >= 0.3 is 0 Å². The number of hydrogen-bond acceptors (Lipinski definition) is 1. The molecule has 0 unspecified atom stereocenters. The Morgan fingerprint density at radius 1 is 1.27 bits per heavy atom. The van der Waals surface area contributed by atoms with Crippen molar-refractivity contribution in [2.45, 2.75) is 0 Å². The van der Waals surface area contributed by atoms with Crippen LogP contribution in [-0.4, -0.2) is 6.29 Å². The monoisotopic (exact) mass is 210 g/mol. The summed E-state index contributed by atoms with van der Waals surface area (Å²) in [5.74, 6) is 0. The summed E-state index contributed by atoms with van der Waals surface area (Å²) in [6.07, 6.45) is 0.823. The molecular weight excluding hydrogens is 204 g/mol. The summed E-state index contributed by atoms with van der Waals surface area (Å²) >= 11 is 3.12. The molecule has 1 rings (SSSR count). The highest BCUT2D eigenvalue weighted by Gasteiger charge is 1.95. The Kier molecular flexibility index (Phi) is 3.05. The van der Waals surface area contributed by atoms with E-state index in [9.17, 15) is 4.79 Å². The second-order valence-electron chi connectivity index (χ2n) is 2.05. The van der Waals surface area contributed by atoms with E-state index in [4.69, 9.17) is 0 Å². The van der Waals surface area contributed by atoms with Crippen molar-refractivity contribution >= 4 is 27.8 Å². The molecule has 0 aliphatic rings. The van der Waals surface area contributed by atoms with Crippen molar-refractivity contribution < 1.29 is 4.79 Å². The van der Waals surface area contributed by atoms with E-state index in [1.807, 2.05) is 30.3 Å². The standard InChI is InChI=1S/C9H7BrO/c10-6-9(7-11)8-4-2-1-3-5-8/h1-7H/b9-6+. The lowest BCUT2D eigenvalue weighted by atomic mass is 10.1. The van der Waals surface area contributed by atoms with Crippen LogP contribution < -0.4 is 0 Å². The van der Waals surface area contributed by atoms with Gasteiger partial charge in [-0.1, -0.05) is 46.3 Å². The van der Waals surface area contributed by atoms with Gasteiger partial charge in [-0.3, -0.25) is 4.79 Å². The lowest BCUT2D eigenvalue weighted by Gasteiger charge is -1.95. The molecule has 0 saturated carbocycles. The summed E-state index contributed by atoms with van der Waals surface area (Å²) in [5, 5.41) is 0. The molecule has 0 aliphatic carbocycles. The molecule has 0 radical (unpaired) electrons. The predicted molar refractivity (Wildman–Crippen MR) is 49.4 cm³/mol. The van der Waals surface area contributed by atoms with E-state index >= 15 is 0 Å². The van der Waals surface area contributed by atoms with Crippen LogP contribution in [0.3, 0.4) is 0 Å². The third kappa shape index (κ3) is 2.02. The SMILES string of the molecule is O=C/C(=C\Br)c1ccccc1. The van der Waals surface area contributed by atoms with Crippen molar-refractivity contribution in [3.63, 3.8) is 0 Å². The smallest absolute Gasteiger partial charge is 0.151 e. The van der Waals surface area contributed by atoms with Crippen LogP contribution in [0.2, 0.25) is 0 Å². The van der Waals surface area contributed by atoms with Gasteiger partial charge in [0.1, 0.15) is 0 Å². The zero-order valence-electron chi connectivity index (χ0n) is 5.83. The lowest BCUT2D eigenvalue weighted by molar-refractivity contribution is -0.103. The molecular formula is C9H7BrO. The van der Waals surface area contributed by atoms with Crippen LogP contribution in [-0.2, 0) is 4.79 Å². The molecule has 1 aromatic carbocycles. The van der Waals surface area contributed by atoms with E-state index in [-0.39, 0.29) is 0 Å². The minimum atomic E-state index is 0.658. The maximum absolute atomic E-state index is 10.4. The first-order valence-corrected chi connectivity index (χ1v) is 4.11. The summed E-state index contributed by atoms with van der Waals surface area (Å²) in [6.45, 7) is 0. The number of halogens is 1. The summed E-state index contributed by atoms with van der Waals surface area (Å²) in [4.78, 5) is 12.1. The van der Waals surface area contributed by atoms with Crippen LogP contribution in [0.5, 0.6) is 0 Å². The van der Waals surface area contributed by atoms with Crippen molar-refractivity contribution in [1.29, 1.82) is 0 Å². The van der Waals surface area contributed by atoms with E-state index in [1.165, 1.54) is 0 Å². The molecule has 1 aromatic rings. The second kappa shape index (κ2) is 4.09. The fourth-order valence-corrected chi connectivity index (χ4v) is 1.16. The number of carbonyl (C=O) groups excluding carboxylic acids is 1. The second-order valence-corrected chi connectivity index (χ2v) is 2.51. The maximum atomic E-state index is 10.4. The number of allylic oxidation sites excluding steroid dienone is 1. The van der Waals surface area contributed by atoms with Gasteiger partial charge in [-0.25, -0.2) is 0 Å². The molecule has 0 heterocycles. The Balaban J connectivity index is 3.01.